The summed E-state index contributed by atoms with van der Waals surface area (Å²) in [6.45, 7) is 3.30. The van der Waals surface area contributed by atoms with E-state index >= 15 is 0 Å². The Bertz CT molecular complexity index is 639. The monoisotopic (exact) mass is 274 g/mol. The summed E-state index contributed by atoms with van der Waals surface area (Å²) >= 11 is 0. The molecule has 3 heterocycles. The zero-order valence-corrected chi connectivity index (χ0v) is 11.5. The Hall–Kier alpha value is -2.11. The first kappa shape index (κ1) is 12.9. The lowest BCUT2D eigenvalue weighted by atomic mass is 9.77. The summed E-state index contributed by atoms with van der Waals surface area (Å²) in [7, 11) is 0. The lowest BCUT2D eigenvalue weighted by Crippen LogP contribution is -2.48. The average molecular weight is 274 g/mol. The molecule has 1 aliphatic rings. The zero-order chi connectivity index (χ0) is 14.2. The fourth-order valence-electron chi connectivity index (χ4n) is 3.01. The molecule has 20 heavy (non-hydrogen) atoms. The van der Waals surface area contributed by atoms with Gasteiger partial charge in [0.1, 0.15) is 5.52 Å². The predicted molar refractivity (Wildman–Crippen MR) is 74.8 cm³/mol. The number of fused-ring (bicyclic) bond motifs is 1. The van der Waals surface area contributed by atoms with E-state index in [-0.39, 0.29) is 0 Å². The Morgan fingerprint density at radius 2 is 2.35 bits per heavy atom. The van der Waals surface area contributed by atoms with Crippen LogP contribution in [0.2, 0.25) is 0 Å². The fraction of sp³-hybridized carbons (Fsp3) is 0.500. The molecule has 1 fully saturated rings. The van der Waals surface area contributed by atoms with Crippen LogP contribution in [0.3, 0.4) is 0 Å². The minimum atomic E-state index is -0.704. The van der Waals surface area contributed by atoms with Crippen LogP contribution in [0.5, 0.6) is 0 Å². The molecule has 6 nitrogen and oxygen atoms in total. The molecular weight excluding hydrogens is 256 g/mol. The van der Waals surface area contributed by atoms with Gasteiger partial charge in [-0.3, -0.25) is 4.79 Å². The maximum absolute atomic E-state index is 11.6. The van der Waals surface area contributed by atoms with Gasteiger partial charge in [-0.2, -0.15) is 5.10 Å². The number of rotatable bonds is 3. The molecule has 1 aliphatic heterocycles. The Morgan fingerprint density at radius 1 is 1.50 bits per heavy atom. The van der Waals surface area contributed by atoms with Crippen molar-refractivity contribution >= 4 is 17.3 Å². The number of anilines is 1. The third-order valence-corrected chi connectivity index (χ3v) is 4.31. The summed E-state index contributed by atoms with van der Waals surface area (Å²) in [5.74, 6) is 0.119. The minimum Gasteiger partial charge on any atom is -0.481 e. The normalized spacial score (nSPS) is 23.1. The molecule has 6 heteroatoms. The third kappa shape index (κ3) is 1.92. The third-order valence-electron chi connectivity index (χ3n) is 4.31. The van der Waals surface area contributed by atoms with E-state index in [0.29, 0.717) is 13.0 Å². The highest BCUT2D eigenvalue weighted by Crippen LogP contribution is 2.36. The number of carboxylic acids is 1. The highest BCUT2D eigenvalue weighted by Gasteiger charge is 2.41. The van der Waals surface area contributed by atoms with Crippen LogP contribution >= 0.6 is 0 Å². The summed E-state index contributed by atoms with van der Waals surface area (Å²) in [4.78, 5) is 18.1. The molecular formula is C14H18N4O2. The summed E-state index contributed by atoms with van der Waals surface area (Å²) in [6.07, 6.45) is 7.48. The van der Waals surface area contributed by atoms with Gasteiger partial charge in [-0.05, 0) is 25.3 Å². The number of aliphatic carboxylic acids is 1. The number of hydrogen-bond donors (Lipinski definition) is 1. The van der Waals surface area contributed by atoms with E-state index in [1.54, 1.807) is 23.1 Å². The lowest BCUT2D eigenvalue weighted by molar-refractivity contribution is -0.149. The van der Waals surface area contributed by atoms with Crippen molar-refractivity contribution in [2.45, 2.75) is 26.2 Å². The van der Waals surface area contributed by atoms with Crippen molar-refractivity contribution in [1.29, 1.82) is 0 Å². The van der Waals surface area contributed by atoms with Crippen LogP contribution in [0.4, 0.5) is 5.82 Å². The van der Waals surface area contributed by atoms with Crippen LogP contribution in [0.15, 0.2) is 24.7 Å². The van der Waals surface area contributed by atoms with Gasteiger partial charge in [0.05, 0.1) is 11.6 Å². The first-order valence-electron chi connectivity index (χ1n) is 6.93. The molecule has 1 N–H and O–H groups in total. The maximum atomic E-state index is 11.6. The van der Waals surface area contributed by atoms with Crippen molar-refractivity contribution in [2.24, 2.45) is 5.41 Å². The van der Waals surface area contributed by atoms with E-state index in [9.17, 15) is 9.90 Å². The summed E-state index contributed by atoms with van der Waals surface area (Å²) in [5, 5.41) is 13.8. The number of nitrogens with zero attached hydrogens (tertiary/aromatic N) is 4. The predicted octanol–water partition coefficient (Wildman–Crippen LogP) is 1.81. The Kier molecular flexibility index (Phi) is 3.08. The van der Waals surface area contributed by atoms with Crippen LogP contribution < -0.4 is 4.90 Å². The highest BCUT2D eigenvalue weighted by molar-refractivity contribution is 5.77. The quantitative estimate of drug-likeness (QED) is 0.924. The van der Waals surface area contributed by atoms with Crippen LogP contribution in [0.1, 0.15) is 26.2 Å². The first-order chi connectivity index (χ1) is 9.66. The molecule has 0 amide bonds. The van der Waals surface area contributed by atoms with Gasteiger partial charge < -0.3 is 10.0 Å². The molecule has 0 spiro atoms. The summed E-state index contributed by atoms with van der Waals surface area (Å²) in [5.41, 5.74) is 0.261. The van der Waals surface area contributed by atoms with E-state index in [2.05, 4.69) is 15.0 Å². The molecule has 106 valence electrons. The molecule has 0 aromatic carbocycles. The van der Waals surface area contributed by atoms with E-state index in [4.69, 9.17) is 0 Å². The van der Waals surface area contributed by atoms with Gasteiger partial charge in [0.25, 0.3) is 0 Å². The van der Waals surface area contributed by atoms with Crippen LogP contribution in [-0.4, -0.2) is 38.8 Å². The topological polar surface area (TPSA) is 70.7 Å². The average Bonchev–Trinajstić information content (AvgIpc) is 2.95. The SMILES string of the molecule is CCC1(C(=O)O)CCCN(c2nccn3nccc23)C1. The lowest BCUT2D eigenvalue weighted by Gasteiger charge is -2.40. The fourth-order valence-corrected chi connectivity index (χ4v) is 3.01. The molecule has 1 unspecified atom stereocenters. The molecule has 0 saturated carbocycles. The number of aromatic nitrogens is 3. The Morgan fingerprint density at radius 3 is 3.10 bits per heavy atom. The first-order valence-corrected chi connectivity index (χ1v) is 6.93. The van der Waals surface area contributed by atoms with Crippen molar-refractivity contribution < 1.29 is 9.90 Å². The molecule has 1 saturated heterocycles. The van der Waals surface area contributed by atoms with Gasteiger partial charge in [-0.1, -0.05) is 6.92 Å². The molecule has 0 aliphatic carbocycles. The van der Waals surface area contributed by atoms with Gasteiger partial charge in [-0.15, -0.1) is 0 Å². The van der Waals surface area contributed by atoms with Gasteiger partial charge in [0, 0.05) is 25.5 Å². The van der Waals surface area contributed by atoms with Gasteiger partial charge in [0.15, 0.2) is 5.82 Å². The van der Waals surface area contributed by atoms with E-state index in [0.717, 1.165) is 30.7 Å². The minimum absolute atomic E-state index is 0.511. The van der Waals surface area contributed by atoms with Crippen molar-refractivity contribution in [3.8, 4) is 0 Å². The number of hydrogen-bond acceptors (Lipinski definition) is 4. The van der Waals surface area contributed by atoms with Crippen LogP contribution in [-0.2, 0) is 4.79 Å². The Balaban J connectivity index is 1.98. The zero-order valence-electron chi connectivity index (χ0n) is 11.5. The number of carboxylic acid groups (broad SMARTS) is 1. The second kappa shape index (κ2) is 4.77. The van der Waals surface area contributed by atoms with Crippen LogP contribution in [0, 0.1) is 5.41 Å². The van der Waals surface area contributed by atoms with Crippen molar-refractivity contribution in [3.05, 3.63) is 24.7 Å². The van der Waals surface area contributed by atoms with Crippen LogP contribution in [0.25, 0.3) is 5.52 Å². The number of carbonyl (C=O) groups is 1. The largest absolute Gasteiger partial charge is 0.481 e. The molecule has 1 atom stereocenters. The van der Waals surface area contributed by atoms with E-state index in [1.165, 1.54) is 0 Å². The van der Waals surface area contributed by atoms with E-state index < -0.39 is 11.4 Å². The smallest absolute Gasteiger partial charge is 0.311 e. The van der Waals surface area contributed by atoms with Crippen molar-refractivity contribution in [2.75, 3.05) is 18.0 Å². The van der Waals surface area contributed by atoms with Gasteiger partial charge in [-0.25, -0.2) is 9.50 Å². The van der Waals surface area contributed by atoms with Gasteiger partial charge in [0.2, 0.25) is 0 Å². The molecule has 3 rings (SSSR count). The highest BCUT2D eigenvalue weighted by atomic mass is 16.4. The summed E-state index contributed by atoms with van der Waals surface area (Å²) in [6, 6.07) is 1.91. The molecule has 2 aromatic heterocycles. The van der Waals surface area contributed by atoms with Crippen molar-refractivity contribution in [3.63, 3.8) is 0 Å². The van der Waals surface area contributed by atoms with E-state index in [1.807, 2.05) is 13.0 Å². The second-order valence-corrected chi connectivity index (χ2v) is 5.38. The Labute approximate surface area is 117 Å². The molecule has 0 radical (unpaired) electrons. The summed E-state index contributed by atoms with van der Waals surface area (Å²) < 4.78 is 1.77. The second-order valence-electron chi connectivity index (χ2n) is 5.38. The number of piperidine rings is 1. The van der Waals surface area contributed by atoms with Crippen molar-refractivity contribution in [1.82, 2.24) is 14.6 Å². The standard InChI is InChI=1S/C14H18N4O2/c1-2-14(13(19)20)5-3-8-17(10-14)12-11-4-6-16-18(11)9-7-15-12/h4,6-7,9H,2-3,5,8,10H2,1H3,(H,19,20). The van der Waals surface area contributed by atoms with Gasteiger partial charge >= 0.3 is 5.97 Å². The maximum Gasteiger partial charge on any atom is 0.311 e. The molecule has 2 aromatic rings. The molecule has 0 bridgehead atoms.